The van der Waals surface area contributed by atoms with Crippen LogP contribution in [0.4, 0.5) is 0 Å². The van der Waals surface area contributed by atoms with Gasteiger partial charge >= 0.3 is 0 Å². The lowest BCUT2D eigenvalue weighted by molar-refractivity contribution is -0.130. The molecular weight excluding hydrogens is 310 g/mol. The molecule has 1 aromatic heterocycles. The summed E-state index contributed by atoms with van der Waals surface area (Å²) in [5.74, 6) is 0.207. The molecule has 0 saturated carbocycles. The highest BCUT2D eigenvalue weighted by molar-refractivity contribution is 9.10. The summed E-state index contributed by atoms with van der Waals surface area (Å²) >= 11 is 3.31. The van der Waals surface area contributed by atoms with Gasteiger partial charge < -0.3 is 9.80 Å². The molecule has 1 aromatic rings. The molecule has 0 bridgehead atoms. The van der Waals surface area contributed by atoms with Crippen molar-refractivity contribution in [1.29, 1.82) is 0 Å². The molecule has 1 unspecified atom stereocenters. The second kappa shape index (κ2) is 4.92. The van der Waals surface area contributed by atoms with E-state index >= 15 is 0 Å². The van der Waals surface area contributed by atoms with Crippen molar-refractivity contribution in [3.63, 3.8) is 0 Å². The fraction of sp³-hybridized carbons (Fsp3) is 0.462. The summed E-state index contributed by atoms with van der Waals surface area (Å²) in [4.78, 5) is 31.9. The summed E-state index contributed by atoms with van der Waals surface area (Å²) in [7, 11) is 0. The monoisotopic (exact) mass is 323 g/mol. The zero-order chi connectivity index (χ0) is 13.4. The summed E-state index contributed by atoms with van der Waals surface area (Å²) in [6, 6.07) is 3.72. The van der Waals surface area contributed by atoms with Gasteiger partial charge in [-0.1, -0.05) is 0 Å². The lowest BCUT2D eigenvalue weighted by Gasteiger charge is -2.37. The van der Waals surface area contributed by atoms with Crippen LogP contribution in [0.1, 0.15) is 23.2 Å². The molecule has 3 rings (SSSR count). The van der Waals surface area contributed by atoms with Gasteiger partial charge in [-0.05, 0) is 34.5 Å². The van der Waals surface area contributed by atoms with E-state index in [1.807, 2.05) is 9.80 Å². The van der Waals surface area contributed by atoms with Gasteiger partial charge in [-0.2, -0.15) is 0 Å². The van der Waals surface area contributed by atoms with E-state index in [2.05, 4.69) is 20.9 Å². The molecule has 2 amide bonds. The minimum atomic E-state index is -0.0148. The van der Waals surface area contributed by atoms with Crippen LogP contribution in [0.15, 0.2) is 22.9 Å². The largest absolute Gasteiger partial charge is 0.336 e. The maximum absolute atomic E-state index is 12.4. The summed E-state index contributed by atoms with van der Waals surface area (Å²) in [5.41, 5.74) is 0.584. The minimum Gasteiger partial charge on any atom is -0.336 e. The highest BCUT2D eigenvalue weighted by atomic mass is 79.9. The molecular formula is C13H14BrN3O2. The molecule has 2 aliphatic rings. The third kappa shape index (κ3) is 2.25. The molecule has 0 N–H and O–H groups in total. The van der Waals surface area contributed by atoms with E-state index in [9.17, 15) is 9.59 Å². The lowest BCUT2D eigenvalue weighted by Crippen LogP contribution is -2.53. The van der Waals surface area contributed by atoms with Gasteiger partial charge in [-0.25, -0.2) is 4.98 Å². The Morgan fingerprint density at radius 1 is 1.42 bits per heavy atom. The van der Waals surface area contributed by atoms with Crippen molar-refractivity contribution in [2.75, 3.05) is 19.6 Å². The zero-order valence-corrected chi connectivity index (χ0v) is 12.0. The minimum absolute atomic E-state index is 0.0148. The highest BCUT2D eigenvalue weighted by Gasteiger charge is 2.37. The highest BCUT2D eigenvalue weighted by Crippen LogP contribution is 2.24. The van der Waals surface area contributed by atoms with E-state index in [4.69, 9.17) is 0 Å². The first-order valence-electron chi connectivity index (χ1n) is 6.36. The lowest BCUT2D eigenvalue weighted by atomic mass is 10.1. The Hall–Kier alpha value is -1.43. The predicted molar refractivity (Wildman–Crippen MR) is 72.6 cm³/mol. The van der Waals surface area contributed by atoms with E-state index in [-0.39, 0.29) is 17.9 Å². The summed E-state index contributed by atoms with van der Waals surface area (Å²) in [6.07, 6.45) is 3.12. The molecule has 2 aliphatic heterocycles. The number of carbonyl (C=O) groups excluding carboxylic acids is 2. The molecule has 2 saturated heterocycles. The van der Waals surface area contributed by atoms with Crippen LogP contribution in [0.5, 0.6) is 0 Å². The fourth-order valence-corrected chi connectivity index (χ4v) is 3.18. The first-order valence-corrected chi connectivity index (χ1v) is 7.15. The number of aromatic nitrogens is 1. The van der Waals surface area contributed by atoms with E-state index in [0.717, 1.165) is 6.42 Å². The van der Waals surface area contributed by atoms with E-state index in [0.29, 0.717) is 36.2 Å². The van der Waals surface area contributed by atoms with Crippen molar-refractivity contribution >= 4 is 27.7 Å². The summed E-state index contributed by atoms with van der Waals surface area (Å²) in [5, 5.41) is 0. The Morgan fingerprint density at radius 3 is 3.05 bits per heavy atom. The van der Waals surface area contributed by atoms with Gasteiger partial charge in [0.1, 0.15) is 4.60 Å². The van der Waals surface area contributed by atoms with Crippen LogP contribution >= 0.6 is 15.9 Å². The van der Waals surface area contributed by atoms with Crippen LogP contribution in [0.2, 0.25) is 0 Å². The maximum atomic E-state index is 12.4. The van der Waals surface area contributed by atoms with Gasteiger partial charge in [0.05, 0.1) is 5.56 Å². The van der Waals surface area contributed by atoms with Crippen LogP contribution in [0.3, 0.4) is 0 Å². The number of fused-ring (bicyclic) bond motifs is 1. The molecule has 1 atom stereocenters. The quantitative estimate of drug-likeness (QED) is 0.732. The average molecular weight is 324 g/mol. The van der Waals surface area contributed by atoms with Crippen LogP contribution in [-0.2, 0) is 4.79 Å². The second-order valence-corrected chi connectivity index (χ2v) is 5.62. The molecule has 100 valence electrons. The third-order valence-electron chi connectivity index (χ3n) is 3.77. The standard InChI is InChI=1S/C13H14BrN3O2/c14-12-10(2-1-5-15-12)13(19)16-6-7-17-9(8-16)3-4-11(17)18/h1-2,5,9H,3-4,6-8H2. The van der Waals surface area contributed by atoms with Crippen molar-refractivity contribution in [3.05, 3.63) is 28.5 Å². The Morgan fingerprint density at radius 2 is 2.26 bits per heavy atom. The van der Waals surface area contributed by atoms with Crippen molar-refractivity contribution in [2.24, 2.45) is 0 Å². The SMILES string of the molecule is O=C(c1cccnc1Br)N1CCN2C(=O)CCC2C1. The number of halogens is 1. The van der Waals surface area contributed by atoms with Crippen LogP contribution in [-0.4, -0.2) is 52.3 Å². The number of nitrogens with zero attached hydrogens (tertiary/aromatic N) is 3. The summed E-state index contributed by atoms with van der Waals surface area (Å²) in [6.45, 7) is 1.88. The normalized spacial score (nSPS) is 22.6. The number of piperazine rings is 1. The fourth-order valence-electron chi connectivity index (χ4n) is 2.76. The number of hydrogen-bond donors (Lipinski definition) is 0. The number of carbonyl (C=O) groups is 2. The smallest absolute Gasteiger partial charge is 0.256 e. The Bertz CT molecular complexity index is 534. The van der Waals surface area contributed by atoms with Gasteiger partial charge in [0.2, 0.25) is 5.91 Å². The third-order valence-corrected chi connectivity index (χ3v) is 4.40. The van der Waals surface area contributed by atoms with Gasteiger partial charge in [-0.3, -0.25) is 9.59 Å². The number of rotatable bonds is 1. The van der Waals surface area contributed by atoms with Crippen molar-refractivity contribution in [2.45, 2.75) is 18.9 Å². The number of hydrogen-bond acceptors (Lipinski definition) is 3. The average Bonchev–Trinajstić information content (AvgIpc) is 2.80. The molecule has 5 nitrogen and oxygen atoms in total. The van der Waals surface area contributed by atoms with E-state index < -0.39 is 0 Å². The molecule has 3 heterocycles. The molecule has 6 heteroatoms. The van der Waals surface area contributed by atoms with Crippen LogP contribution < -0.4 is 0 Å². The topological polar surface area (TPSA) is 53.5 Å². The van der Waals surface area contributed by atoms with Gasteiger partial charge in [-0.15, -0.1) is 0 Å². The van der Waals surface area contributed by atoms with Gasteiger partial charge in [0, 0.05) is 38.3 Å². The first kappa shape index (κ1) is 12.6. The van der Waals surface area contributed by atoms with Gasteiger partial charge in [0.15, 0.2) is 0 Å². The summed E-state index contributed by atoms with van der Waals surface area (Å²) < 4.78 is 0.574. The Balaban J connectivity index is 1.76. The Labute approximate surface area is 119 Å². The zero-order valence-electron chi connectivity index (χ0n) is 10.4. The van der Waals surface area contributed by atoms with Gasteiger partial charge in [0.25, 0.3) is 5.91 Å². The second-order valence-electron chi connectivity index (χ2n) is 4.87. The van der Waals surface area contributed by atoms with Crippen molar-refractivity contribution in [1.82, 2.24) is 14.8 Å². The van der Waals surface area contributed by atoms with Crippen molar-refractivity contribution < 1.29 is 9.59 Å². The van der Waals surface area contributed by atoms with Crippen LogP contribution in [0.25, 0.3) is 0 Å². The Kier molecular flexibility index (Phi) is 3.26. The number of pyridine rings is 1. The predicted octanol–water partition coefficient (Wildman–Crippen LogP) is 1.29. The molecule has 0 radical (unpaired) electrons. The number of amides is 2. The first-order chi connectivity index (χ1) is 9.16. The molecule has 2 fully saturated rings. The van der Waals surface area contributed by atoms with E-state index in [1.54, 1.807) is 18.3 Å². The molecule has 19 heavy (non-hydrogen) atoms. The maximum Gasteiger partial charge on any atom is 0.256 e. The van der Waals surface area contributed by atoms with Crippen molar-refractivity contribution in [3.8, 4) is 0 Å². The molecule has 0 spiro atoms. The van der Waals surface area contributed by atoms with Crippen LogP contribution in [0, 0.1) is 0 Å². The molecule has 0 aliphatic carbocycles. The van der Waals surface area contributed by atoms with E-state index in [1.165, 1.54) is 0 Å². The molecule has 0 aromatic carbocycles.